The summed E-state index contributed by atoms with van der Waals surface area (Å²) in [6.45, 7) is 1.17. The van der Waals surface area contributed by atoms with Crippen LogP contribution in [0.4, 0.5) is 23.2 Å². The summed E-state index contributed by atoms with van der Waals surface area (Å²) >= 11 is 0. The maximum absolute atomic E-state index is 13.5. The minimum atomic E-state index is -4.66. The molecule has 1 unspecified atom stereocenters. The molecule has 0 radical (unpaired) electrons. The molecule has 0 aromatic heterocycles. The largest absolute Gasteiger partial charge is 0.449 e. The summed E-state index contributed by atoms with van der Waals surface area (Å²) in [5.41, 5.74) is -1.87. The third-order valence-corrected chi connectivity index (χ3v) is 3.24. The van der Waals surface area contributed by atoms with Crippen molar-refractivity contribution in [1.29, 1.82) is 0 Å². The Labute approximate surface area is 140 Å². The van der Waals surface area contributed by atoms with E-state index in [4.69, 9.17) is 4.74 Å². The first-order valence-electron chi connectivity index (χ1n) is 7.12. The number of benzene rings is 2. The number of rotatable bonds is 4. The Balaban J connectivity index is 2.09. The lowest BCUT2D eigenvalue weighted by Gasteiger charge is -2.17. The van der Waals surface area contributed by atoms with E-state index in [-0.39, 0.29) is 5.56 Å². The highest BCUT2D eigenvalue weighted by Gasteiger charge is 2.34. The molecular formula is C17H13F4NO3. The highest BCUT2D eigenvalue weighted by atomic mass is 19.4. The predicted octanol–water partition coefficient (Wildman–Crippen LogP) is 4.03. The third-order valence-electron chi connectivity index (χ3n) is 3.24. The van der Waals surface area contributed by atoms with E-state index >= 15 is 0 Å². The number of anilines is 1. The van der Waals surface area contributed by atoms with Crippen LogP contribution in [0.15, 0.2) is 48.5 Å². The summed E-state index contributed by atoms with van der Waals surface area (Å²) in [6, 6.07) is 9.38. The average Bonchev–Trinajstić information content (AvgIpc) is 2.54. The SMILES string of the molecule is CC(OC(=O)c1ccccc1F)C(=O)Nc1ccccc1C(F)(F)F. The quantitative estimate of drug-likeness (QED) is 0.666. The molecule has 8 heteroatoms. The predicted molar refractivity (Wildman–Crippen MR) is 81.4 cm³/mol. The van der Waals surface area contributed by atoms with Crippen LogP contribution in [-0.4, -0.2) is 18.0 Å². The summed E-state index contributed by atoms with van der Waals surface area (Å²) in [7, 11) is 0. The molecule has 132 valence electrons. The lowest BCUT2D eigenvalue weighted by molar-refractivity contribution is -0.137. The van der Waals surface area contributed by atoms with Gasteiger partial charge in [-0.1, -0.05) is 24.3 Å². The number of halogens is 4. The van der Waals surface area contributed by atoms with Crippen molar-refractivity contribution in [1.82, 2.24) is 0 Å². The lowest BCUT2D eigenvalue weighted by atomic mass is 10.1. The molecular weight excluding hydrogens is 342 g/mol. The molecule has 0 saturated heterocycles. The Bertz CT molecular complexity index is 789. The number of hydrogen-bond donors (Lipinski definition) is 1. The zero-order valence-electron chi connectivity index (χ0n) is 12.9. The van der Waals surface area contributed by atoms with E-state index in [1.807, 2.05) is 0 Å². The van der Waals surface area contributed by atoms with Gasteiger partial charge in [0, 0.05) is 0 Å². The first kappa shape index (κ1) is 18.4. The van der Waals surface area contributed by atoms with Crippen molar-refractivity contribution in [2.45, 2.75) is 19.2 Å². The van der Waals surface area contributed by atoms with Crippen LogP contribution >= 0.6 is 0 Å². The molecule has 1 atom stereocenters. The Kier molecular flexibility index (Phi) is 5.41. The van der Waals surface area contributed by atoms with Crippen LogP contribution in [-0.2, 0) is 15.7 Å². The van der Waals surface area contributed by atoms with Gasteiger partial charge in [-0.15, -0.1) is 0 Å². The Hall–Kier alpha value is -2.90. The molecule has 0 aliphatic carbocycles. The molecule has 2 rings (SSSR count). The molecule has 4 nitrogen and oxygen atoms in total. The number of carbonyl (C=O) groups excluding carboxylic acids is 2. The maximum atomic E-state index is 13.5. The first-order valence-corrected chi connectivity index (χ1v) is 7.12. The molecule has 1 N–H and O–H groups in total. The number of ether oxygens (including phenoxy) is 1. The second kappa shape index (κ2) is 7.33. The summed E-state index contributed by atoms with van der Waals surface area (Å²) in [5.74, 6) is -2.89. The zero-order valence-corrected chi connectivity index (χ0v) is 12.9. The van der Waals surface area contributed by atoms with Gasteiger partial charge in [-0.25, -0.2) is 9.18 Å². The van der Waals surface area contributed by atoms with Gasteiger partial charge in [-0.05, 0) is 31.2 Å². The minimum absolute atomic E-state index is 0.377. The van der Waals surface area contributed by atoms with Crippen molar-refractivity contribution >= 4 is 17.6 Å². The monoisotopic (exact) mass is 355 g/mol. The average molecular weight is 355 g/mol. The van der Waals surface area contributed by atoms with Crippen molar-refractivity contribution in [2.24, 2.45) is 0 Å². The van der Waals surface area contributed by atoms with E-state index < -0.39 is 41.2 Å². The number of carbonyl (C=O) groups is 2. The van der Waals surface area contributed by atoms with Crippen LogP contribution in [0.3, 0.4) is 0 Å². The number of para-hydroxylation sites is 1. The fraction of sp³-hybridized carbons (Fsp3) is 0.176. The van der Waals surface area contributed by atoms with Crippen molar-refractivity contribution in [3.8, 4) is 0 Å². The Morgan fingerprint density at radius 3 is 2.28 bits per heavy atom. The first-order chi connectivity index (χ1) is 11.7. The topological polar surface area (TPSA) is 55.4 Å². The second-order valence-electron chi connectivity index (χ2n) is 5.06. The molecule has 1 amide bonds. The number of alkyl halides is 3. The molecule has 0 heterocycles. The van der Waals surface area contributed by atoms with Gasteiger partial charge in [-0.2, -0.15) is 13.2 Å². The number of amides is 1. The smallest absolute Gasteiger partial charge is 0.418 e. The normalized spacial score (nSPS) is 12.4. The molecule has 0 spiro atoms. The molecule has 2 aromatic carbocycles. The molecule has 0 bridgehead atoms. The van der Waals surface area contributed by atoms with E-state index in [1.54, 1.807) is 0 Å². The van der Waals surface area contributed by atoms with E-state index in [0.717, 1.165) is 18.2 Å². The van der Waals surface area contributed by atoms with Crippen LogP contribution < -0.4 is 5.32 Å². The number of esters is 1. The minimum Gasteiger partial charge on any atom is -0.449 e. The molecule has 0 aliphatic heterocycles. The molecule has 25 heavy (non-hydrogen) atoms. The fourth-order valence-electron chi connectivity index (χ4n) is 1.98. The molecule has 2 aromatic rings. The highest BCUT2D eigenvalue weighted by molar-refractivity contribution is 5.97. The van der Waals surface area contributed by atoms with Crippen molar-refractivity contribution in [3.05, 3.63) is 65.5 Å². The van der Waals surface area contributed by atoms with Gasteiger partial charge in [0.25, 0.3) is 5.91 Å². The van der Waals surface area contributed by atoms with Gasteiger partial charge < -0.3 is 10.1 Å². The summed E-state index contributed by atoms with van der Waals surface area (Å²) in [6.07, 6.45) is -6.08. The summed E-state index contributed by atoms with van der Waals surface area (Å²) < 4.78 is 57.0. The van der Waals surface area contributed by atoms with Crippen molar-refractivity contribution in [3.63, 3.8) is 0 Å². The van der Waals surface area contributed by atoms with Gasteiger partial charge in [0.1, 0.15) is 5.82 Å². The van der Waals surface area contributed by atoms with E-state index in [9.17, 15) is 27.2 Å². The second-order valence-corrected chi connectivity index (χ2v) is 5.06. The van der Waals surface area contributed by atoms with Gasteiger partial charge in [-0.3, -0.25) is 4.79 Å². The van der Waals surface area contributed by atoms with Gasteiger partial charge in [0.05, 0.1) is 16.8 Å². The third kappa shape index (κ3) is 4.56. The van der Waals surface area contributed by atoms with E-state index in [0.29, 0.717) is 0 Å². The molecule has 0 aliphatic rings. The molecule has 0 saturated carbocycles. The van der Waals surface area contributed by atoms with Gasteiger partial charge in [0.2, 0.25) is 0 Å². The molecule has 0 fully saturated rings. The highest BCUT2D eigenvalue weighted by Crippen LogP contribution is 2.34. The van der Waals surface area contributed by atoms with Crippen LogP contribution in [0.25, 0.3) is 0 Å². The van der Waals surface area contributed by atoms with Crippen LogP contribution in [0.2, 0.25) is 0 Å². The van der Waals surface area contributed by atoms with Crippen LogP contribution in [0, 0.1) is 5.82 Å². The van der Waals surface area contributed by atoms with Gasteiger partial charge in [0.15, 0.2) is 6.10 Å². The number of nitrogens with one attached hydrogen (secondary N) is 1. The van der Waals surface area contributed by atoms with Crippen LogP contribution in [0.5, 0.6) is 0 Å². The van der Waals surface area contributed by atoms with Gasteiger partial charge >= 0.3 is 12.1 Å². The Morgan fingerprint density at radius 2 is 1.64 bits per heavy atom. The summed E-state index contributed by atoms with van der Waals surface area (Å²) in [5, 5.41) is 2.06. The van der Waals surface area contributed by atoms with Crippen molar-refractivity contribution < 1.29 is 31.9 Å². The van der Waals surface area contributed by atoms with Crippen molar-refractivity contribution in [2.75, 3.05) is 5.32 Å². The summed E-state index contributed by atoms with van der Waals surface area (Å²) in [4.78, 5) is 23.8. The van der Waals surface area contributed by atoms with Crippen LogP contribution in [0.1, 0.15) is 22.8 Å². The fourth-order valence-corrected chi connectivity index (χ4v) is 1.98. The zero-order chi connectivity index (χ0) is 18.6. The number of hydrogen-bond acceptors (Lipinski definition) is 3. The Morgan fingerprint density at radius 1 is 1.04 bits per heavy atom. The van der Waals surface area contributed by atoms with E-state index in [2.05, 4.69) is 5.32 Å². The van der Waals surface area contributed by atoms with E-state index in [1.165, 1.54) is 37.3 Å². The standard InChI is InChI=1S/C17H13F4NO3/c1-10(25-16(24)11-6-2-4-8-13(11)18)15(23)22-14-9-5-3-7-12(14)17(19,20)21/h2-10H,1H3,(H,22,23). The maximum Gasteiger partial charge on any atom is 0.418 e. The lowest BCUT2D eigenvalue weighted by Crippen LogP contribution is -2.31.